The van der Waals surface area contributed by atoms with Gasteiger partial charge in [0, 0.05) is 0 Å². The molecule has 0 aliphatic rings. The van der Waals surface area contributed by atoms with E-state index < -0.39 is 0 Å². The monoisotopic (exact) mass is 234 g/mol. The highest BCUT2D eigenvalue weighted by molar-refractivity contribution is 5.14. The highest BCUT2D eigenvalue weighted by Crippen LogP contribution is 2.00. The first-order valence-electron chi connectivity index (χ1n) is 6.44. The Labute approximate surface area is 109 Å². The van der Waals surface area contributed by atoms with Gasteiger partial charge in [-0.25, -0.2) is 0 Å². The smallest absolute Gasteiger partial charge is 0.0281 e. The van der Waals surface area contributed by atoms with E-state index in [9.17, 15) is 0 Å². The number of allylic oxidation sites excluding steroid dienone is 2. The Morgan fingerprint density at radius 1 is 0.941 bits per heavy atom. The average Bonchev–Trinajstić information content (AvgIpc) is 2.35. The minimum absolute atomic E-state index is 1.21. The molecule has 0 aromatic heterocycles. The van der Waals surface area contributed by atoms with Crippen molar-refractivity contribution in [2.45, 2.75) is 47.5 Å². The van der Waals surface area contributed by atoms with Crippen LogP contribution in [0.4, 0.5) is 0 Å². The van der Waals surface area contributed by atoms with Crippen LogP contribution in [0.3, 0.4) is 0 Å². The quantitative estimate of drug-likeness (QED) is 0.546. The Morgan fingerprint density at radius 2 is 1.29 bits per heavy atom. The lowest BCUT2D eigenvalue weighted by atomic mass is 10.1. The number of hydrogen-bond acceptors (Lipinski definition) is 0. The molecule has 0 amide bonds. The van der Waals surface area contributed by atoms with Gasteiger partial charge in [-0.05, 0) is 25.8 Å². The van der Waals surface area contributed by atoms with E-state index in [2.05, 4.69) is 50.4 Å². The van der Waals surface area contributed by atoms with Crippen molar-refractivity contribution in [2.75, 3.05) is 0 Å². The molecular formula is C17H30. The van der Waals surface area contributed by atoms with Crippen LogP contribution in [-0.4, -0.2) is 0 Å². The van der Waals surface area contributed by atoms with Crippen molar-refractivity contribution in [3.05, 3.63) is 61.2 Å². The van der Waals surface area contributed by atoms with Crippen LogP contribution in [0.1, 0.15) is 46.6 Å². The zero-order valence-corrected chi connectivity index (χ0v) is 12.4. The molecule has 0 aliphatic heterocycles. The van der Waals surface area contributed by atoms with Crippen LogP contribution < -0.4 is 0 Å². The SMILES string of the molecule is C=CC.C=CC.CC.CCCc1ccccc1. The van der Waals surface area contributed by atoms with Gasteiger partial charge < -0.3 is 0 Å². The van der Waals surface area contributed by atoms with Gasteiger partial charge in [0.05, 0.1) is 0 Å². The van der Waals surface area contributed by atoms with Crippen LogP contribution >= 0.6 is 0 Å². The lowest BCUT2D eigenvalue weighted by Crippen LogP contribution is -1.78. The van der Waals surface area contributed by atoms with Crippen LogP contribution in [-0.2, 0) is 6.42 Å². The van der Waals surface area contributed by atoms with E-state index in [1.54, 1.807) is 12.2 Å². The summed E-state index contributed by atoms with van der Waals surface area (Å²) in [5, 5.41) is 0. The zero-order valence-electron chi connectivity index (χ0n) is 12.4. The molecule has 0 heterocycles. The zero-order chi connectivity index (χ0) is 13.9. The number of benzene rings is 1. The van der Waals surface area contributed by atoms with Crippen LogP contribution in [0.25, 0.3) is 0 Å². The van der Waals surface area contributed by atoms with E-state index in [-0.39, 0.29) is 0 Å². The molecule has 0 N–H and O–H groups in total. The third-order valence-corrected chi connectivity index (χ3v) is 1.38. The molecule has 98 valence electrons. The highest BCUT2D eigenvalue weighted by atomic mass is 13.9. The summed E-state index contributed by atoms with van der Waals surface area (Å²) >= 11 is 0. The second kappa shape index (κ2) is 24.1. The molecule has 0 spiro atoms. The molecule has 0 fully saturated rings. The molecule has 1 aromatic carbocycles. The van der Waals surface area contributed by atoms with Crippen molar-refractivity contribution in [1.82, 2.24) is 0 Å². The van der Waals surface area contributed by atoms with Gasteiger partial charge >= 0.3 is 0 Å². The molecule has 0 saturated heterocycles. The van der Waals surface area contributed by atoms with Gasteiger partial charge in [-0.1, -0.05) is 69.7 Å². The maximum absolute atomic E-state index is 3.36. The van der Waals surface area contributed by atoms with Crippen molar-refractivity contribution in [3.8, 4) is 0 Å². The van der Waals surface area contributed by atoms with Crippen LogP contribution in [0.5, 0.6) is 0 Å². The first-order chi connectivity index (χ1) is 8.26. The summed E-state index contributed by atoms with van der Waals surface area (Å²) in [4.78, 5) is 0. The van der Waals surface area contributed by atoms with Crippen LogP contribution in [0, 0.1) is 0 Å². The molecule has 0 radical (unpaired) electrons. The summed E-state index contributed by atoms with van der Waals surface area (Å²) in [5.74, 6) is 0. The minimum Gasteiger partial charge on any atom is -0.103 e. The lowest BCUT2D eigenvalue weighted by molar-refractivity contribution is 0.922. The molecule has 0 unspecified atom stereocenters. The summed E-state index contributed by atoms with van der Waals surface area (Å²) in [5.41, 5.74) is 1.44. The summed E-state index contributed by atoms with van der Waals surface area (Å²) in [6.07, 6.45) is 5.95. The summed E-state index contributed by atoms with van der Waals surface area (Å²) in [6.45, 7) is 16.7. The van der Waals surface area contributed by atoms with Crippen molar-refractivity contribution >= 4 is 0 Å². The summed E-state index contributed by atoms with van der Waals surface area (Å²) in [6, 6.07) is 10.6. The van der Waals surface area contributed by atoms with Crippen molar-refractivity contribution < 1.29 is 0 Å². The molecule has 0 heteroatoms. The van der Waals surface area contributed by atoms with E-state index in [0.29, 0.717) is 0 Å². The van der Waals surface area contributed by atoms with Gasteiger partial charge in [0.2, 0.25) is 0 Å². The molecule has 17 heavy (non-hydrogen) atoms. The summed E-state index contributed by atoms with van der Waals surface area (Å²) in [7, 11) is 0. The predicted octanol–water partition coefficient (Wildman–Crippen LogP) is 6.05. The second-order valence-corrected chi connectivity index (χ2v) is 3.05. The molecule has 1 rings (SSSR count). The van der Waals surface area contributed by atoms with E-state index in [0.717, 1.165) is 0 Å². The minimum atomic E-state index is 1.21. The van der Waals surface area contributed by atoms with Gasteiger partial charge in [0.1, 0.15) is 0 Å². The van der Waals surface area contributed by atoms with Crippen molar-refractivity contribution in [1.29, 1.82) is 0 Å². The molecule has 0 saturated carbocycles. The van der Waals surface area contributed by atoms with Gasteiger partial charge in [0.15, 0.2) is 0 Å². The average molecular weight is 234 g/mol. The lowest BCUT2D eigenvalue weighted by Gasteiger charge is -1.93. The Kier molecular flexibility index (Phi) is 29.8. The Bertz CT molecular complexity index is 215. The Hall–Kier alpha value is -1.30. The number of rotatable bonds is 2. The van der Waals surface area contributed by atoms with E-state index in [1.165, 1.54) is 18.4 Å². The van der Waals surface area contributed by atoms with E-state index in [4.69, 9.17) is 0 Å². The fourth-order valence-electron chi connectivity index (χ4n) is 0.933. The standard InChI is InChI=1S/C9H12.2C3H6.C2H6/c1-2-6-9-7-4-3-5-8-9;2*1-3-2;1-2/h3-5,7-8H,2,6H2,1H3;2*3H,1H2,2H3;1-2H3. The van der Waals surface area contributed by atoms with E-state index in [1.807, 2.05) is 27.7 Å². The molecule has 1 aromatic rings. The van der Waals surface area contributed by atoms with E-state index >= 15 is 0 Å². The van der Waals surface area contributed by atoms with Gasteiger partial charge in [-0.2, -0.15) is 0 Å². The van der Waals surface area contributed by atoms with Gasteiger partial charge in [-0.3, -0.25) is 0 Å². The first-order valence-corrected chi connectivity index (χ1v) is 6.44. The normalized spacial score (nSPS) is 6.88. The predicted molar refractivity (Wildman–Crippen MR) is 83.5 cm³/mol. The van der Waals surface area contributed by atoms with Crippen molar-refractivity contribution in [2.24, 2.45) is 0 Å². The largest absolute Gasteiger partial charge is 0.103 e. The topological polar surface area (TPSA) is 0 Å². The molecule has 0 nitrogen and oxygen atoms in total. The Morgan fingerprint density at radius 3 is 1.59 bits per heavy atom. The third kappa shape index (κ3) is 25.2. The number of aryl methyl sites for hydroxylation is 1. The fraction of sp³-hybridized carbons (Fsp3) is 0.412. The van der Waals surface area contributed by atoms with Crippen molar-refractivity contribution in [3.63, 3.8) is 0 Å². The molecular weight excluding hydrogens is 204 g/mol. The van der Waals surface area contributed by atoms with Gasteiger partial charge in [-0.15, -0.1) is 13.2 Å². The number of hydrogen-bond donors (Lipinski definition) is 0. The first kappa shape index (κ1) is 21.0. The summed E-state index contributed by atoms with van der Waals surface area (Å²) < 4.78 is 0. The van der Waals surface area contributed by atoms with Crippen LogP contribution in [0.15, 0.2) is 55.6 Å². The Balaban J connectivity index is -0.000000207. The fourth-order valence-corrected chi connectivity index (χ4v) is 0.933. The maximum Gasteiger partial charge on any atom is -0.0281 e. The molecule has 0 aliphatic carbocycles. The second-order valence-electron chi connectivity index (χ2n) is 3.05. The third-order valence-electron chi connectivity index (χ3n) is 1.38. The van der Waals surface area contributed by atoms with Gasteiger partial charge in [0.25, 0.3) is 0 Å². The molecule has 0 atom stereocenters. The molecule has 0 bridgehead atoms. The van der Waals surface area contributed by atoms with Crippen LogP contribution in [0.2, 0.25) is 0 Å². The maximum atomic E-state index is 3.36. The highest BCUT2D eigenvalue weighted by Gasteiger charge is 1.84.